The fourth-order valence-electron chi connectivity index (χ4n) is 2.34. The van der Waals surface area contributed by atoms with Gasteiger partial charge in [-0.05, 0) is 30.9 Å². The second kappa shape index (κ2) is 5.98. The summed E-state index contributed by atoms with van der Waals surface area (Å²) >= 11 is 0. The molecule has 19 heavy (non-hydrogen) atoms. The van der Waals surface area contributed by atoms with Gasteiger partial charge in [-0.1, -0.05) is 55.5 Å². The standard InChI is InChI=1S/C17H19FO/c1-2-17(19,15-10-6-7-11-16(15)18)13-12-14-8-4-3-5-9-14/h3-11,19H,2,12-13H2,1H3. The highest BCUT2D eigenvalue weighted by atomic mass is 19.1. The third kappa shape index (κ3) is 3.21. The van der Waals surface area contributed by atoms with Gasteiger partial charge in [0.15, 0.2) is 0 Å². The predicted octanol–water partition coefficient (Wildman–Crippen LogP) is 4.06. The quantitative estimate of drug-likeness (QED) is 0.857. The van der Waals surface area contributed by atoms with Crippen LogP contribution in [-0.4, -0.2) is 5.11 Å². The molecule has 0 heterocycles. The lowest BCUT2D eigenvalue weighted by molar-refractivity contribution is 0.0202. The summed E-state index contributed by atoms with van der Waals surface area (Å²) in [6.07, 6.45) is 1.76. The number of hydrogen-bond donors (Lipinski definition) is 1. The van der Waals surface area contributed by atoms with E-state index in [0.29, 0.717) is 18.4 Å². The Morgan fingerprint density at radius 3 is 2.26 bits per heavy atom. The minimum absolute atomic E-state index is 0.333. The van der Waals surface area contributed by atoms with Crippen molar-refractivity contribution in [2.45, 2.75) is 31.8 Å². The Kier molecular flexibility index (Phi) is 4.33. The molecule has 0 aliphatic carbocycles. The van der Waals surface area contributed by atoms with Gasteiger partial charge in [0.05, 0.1) is 5.60 Å². The van der Waals surface area contributed by atoms with Crippen molar-refractivity contribution in [2.24, 2.45) is 0 Å². The molecule has 0 fully saturated rings. The first-order valence-corrected chi connectivity index (χ1v) is 6.67. The van der Waals surface area contributed by atoms with E-state index in [1.54, 1.807) is 18.2 Å². The molecule has 0 aliphatic rings. The van der Waals surface area contributed by atoms with Crippen LogP contribution in [0, 0.1) is 5.82 Å². The Morgan fingerprint density at radius 2 is 1.63 bits per heavy atom. The number of aliphatic hydroxyl groups is 1. The molecule has 1 nitrogen and oxygen atoms in total. The minimum Gasteiger partial charge on any atom is -0.385 e. The first-order valence-electron chi connectivity index (χ1n) is 6.67. The molecule has 0 radical (unpaired) electrons. The fourth-order valence-corrected chi connectivity index (χ4v) is 2.34. The summed E-state index contributed by atoms with van der Waals surface area (Å²) in [5.74, 6) is -0.333. The van der Waals surface area contributed by atoms with Gasteiger partial charge in [-0.15, -0.1) is 0 Å². The summed E-state index contributed by atoms with van der Waals surface area (Å²) in [6.45, 7) is 1.89. The second-order valence-electron chi connectivity index (χ2n) is 4.85. The first-order chi connectivity index (χ1) is 9.15. The maximum Gasteiger partial charge on any atom is 0.129 e. The molecule has 1 unspecified atom stereocenters. The number of rotatable bonds is 5. The van der Waals surface area contributed by atoms with E-state index in [1.165, 1.54) is 6.07 Å². The molecule has 1 N–H and O–H groups in total. The van der Waals surface area contributed by atoms with E-state index in [2.05, 4.69) is 0 Å². The van der Waals surface area contributed by atoms with Gasteiger partial charge in [-0.3, -0.25) is 0 Å². The van der Waals surface area contributed by atoms with Crippen LogP contribution in [0.1, 0.15) is 30.9 Å². The Bertz CT molecular complexity index is 524. The van der Waals surface area contributed by atoms with Gasteiger partial charge < -0.3 is 5.11 Å². The van der Waals surface area contributed by atoms with Gasteiger partial charge in [-0.25, -0.2) is 4.39 Å². The van der Waals surface area contributed by atoms with Crippen molar-refractivity contribution in [3.8, 4) is 0 Å². The second-order valence-corrected chi connectivity index (χ2v) is 4.85. The highest BCUT2D eigenvalue weighted by Crippen LogP contribution is 2.31. The third-order valence-corrected chi connectivity index (χ3v) is 3.63. The molecular formula is C17H19FO. The van der Waals surface area contributed by atoms with E-state index in [0.717, 1.165) is 12.0 Å². The number of hydrogen-bond acceptors (Lipinski definition) is 1. The zero-order valence-electron chi connectivity index (χ0n) is 11.1. The van der Waals surface area contributed by atoms with Gasteiger partial charge in [-0.2, -0.15) is 0 Å². The first kappa shape index (κ1) is 13.8. The van der Waals surface area contributed by atoms with Gasteiger partial charge in [0, 0.05) is 5.56 Å². The maximum atomic E-state index is 13.8. The Balaban J connectivity index is 2.17. The molecule has 2 aromatic rings. The SMILES string of the molecule is CCC(O)(CCc1ccccc1)c1ccccc1F. The van der Waals surface area contributed by atoms with Gasteiger partial charge in [0.2, 0.25) is 0 Å². The van der Waals surface area contributed by atoms with Crippen LogP contribution >= 0.6 is 0 Å². The van der Waals surface area contributed by atoms with E-state index in [9.17, 15) is 9.50 Å². The number of halogens is 1. The van der Waals surface area contributed by atoms with Crippen LogP contribution in [0.15, 0.2) is 54.6 Å². The smallest absolute Gasteiger partial charge is 0.129 e. The van der Waals surface area contributed by atoms with Crippen LogP contribution in [0.4, 0.5) is 4.39 Å². The van der Waals surface area contributed by atoms with Crippen LogP contribution in [0.3, 0.4) is 0 Å². The third-order valence-electron chi connectivity index (χ3n) is 3.63. The van der Waals surface area contributed by atoms with Crippen LogP contribution in [0.25, 0.3) is 0 Å². The van der Waals surface area contributed by atoms with Crippen molar-refractivity contribution >= 4 is 0 Å². The summed E-state index contributed by atoms with van der Waals surface area (Å²) in [5, 5.41) is 10.7. The number of aryl methyl sites for hydroxylation is 1. The molecule has 0 aliphatic heterocycles. The van der Waals surface area contributed by atoms with Gasteiger partial charge in [0.1, 0.15) is 5.82 Å². The zero-order chi connectivity index (χ0) is 13.7. The Morgan fingerprint density at radius 1 is 1.00 bits per heavy atom. The summed E-state index contributed by atoms with van der Waals surface area (Å²) in [5.41, 5.74) is 0.459. The largest absolute Gasteiger partial charge is 0.385 e. The van der Waals surface area contributed by atoms with E-state index >= 15 is 0 Å². The molecule has 0 saturated carbocycles. The topological polar surface area (TPSA) is 20.2 Å². The molecule has 0 aromatic heterocycles. The average Bonchev–Trinajstić information content (AvgIpc) is 2.46. The van der Waals surface area contributed by atoms with E-state index < -0.39 is 5.60 Å². The molecule has 100 valence electrons. The van der Waals surface area contributed by atoms with Crippen molar-refractivity contribution < 1.29 is 9.50 Å². The lowest BCUT2D eigenvalue weighted by atomic mass is 9.85. The lowest BCUT2D eigenvalue weighted by Gasteiger charge is -2.28. The van der Waals surface area contributed by atoms with Gasteiger partial charge >= 0.3 is 0 Å². The van der Waals surface area contributed by atoms with Crippen LogP contribution in [0.2, 0.25) is 0 Å². The van der Waals surface area contributed by atoms with Crippen LogP contribution in [0.5, 0.6) is 0 Å². The Labute approximate surface area is 113 Å². The monoisotopic (exact) mass is 258 g/mol. The molecule has 2 heteroatoms. The van der Waals surface area contributed by atoms with Crippen LogP contribution < -0.4 is 0 Å². The molecule has 2 aromatic carbocycles. The normalized spacial score (nSPS) is 14.1. The minimum atomic E-state index is -1.10. The van der Waals surface area contributed by atoms with E-state index in [1.807, 2.05) is 37.3 Å². The molecule has 1 atom stereocenters. The summed E-state index contributed by atoms with van der Waals surface area (Å²) < 4.78 is 13.8. The van der Waals surface area contributed by atoms with E-state index in [-0.39, 0.29) is 5.82 Å². The summed E-state index contributed by atoms with van der Waals surface area (Å²) in [7, 11) is 0. The average molecular weight is 258 g/mol. The predicted molar refractivity (Wildman–Crippen MR) is 75.4 cm³/mol. The van der Waals surface area contributed by atoms with Gasteiger partial charge in [0.25, 0.3) is 0 Å². The molecule has 0 saturated heterocycles. The molecule has 0 spiro atoms. The zero-order valence-corrected chi connectivity index (χ0v) is 11.1. The van der Waals surface area contributed by atoms with Crippen molar-refractivity contribution in [3.63, 3.8) is 0 Å². The summed E-state index contributed by atoms with van der Waals surface area (Å²) in [4.78, 5) is 0. The molecular weight excluding hydrogens is 239 g/mol. The fraction of sp³-hybridized carbons (Fsp3) is 0.294. The van der Waals surface area contributed by atoms with Crippen molar-refractivity contribution in [1.29, 1.82) is 0 Å². The molecule has 0 bridgehead atoms. The summed E-state index contributed by atoms with van der Waals surface area (Å²) in [6, 6.07) is 16.4. The highest BCUT2D eigenvalue weighted by Gasteiger charge is 2.29. The Hall–Kier alpha value is -1.67. The van der Waals surface area contributed by atoms with Crippen LogP contribution in [-0.2, 0) is 12.0 Å². The van der Waals surface area contributed by atoms with Crippen molar-refractivity contribution in [2.75, 3.05) is 0 Å². The highest BCUT2D eigenvalue weighted by molar-refractivity contribution is 5.25. The van der Waals surface area contributed by atoms with Crippen molar-refractivity contribution in [3.05, 3.63) is 71.5 Å². The number of benzene rings is 2. The maximum absolute atomic E-state index is 13.8. The van der Waals surface area contributed by atoms with E-state index in [4.69, 9.17) is 0 Å². The van der Waals surface area contributed by atoms with Crippen molar-refractivity contribution in [1.82, 2.24) is 0 Å². The molecule has 0 amide bonds. The molecule has 2 rings (SSSR count). The lowest BCUT2D eigenvalue weighted by Crippen LogP contribution is -2.26.